The van der Waals surface area contributed by atoms with Crippen molar-refractivity contribution >= 4 is 5.91 Å². The smallest absolute Gasteiger partial charge is 0.251 e. The van der Waals surface area contributed by atoms with Gasteiger partial charge in [0.15, 0.2) is 0 Å². The lowest BCUT2D eigenvalue weighted by atomic mass is 9.88. The lowest BCUT2D eigenvalue weighted by Gasteiger charge is -2.40. The van der Waals surface area contributed by atoms with Gasteiger partial charge in [-0.1, -0.05) is 36.8 Å². The number of halogens is 2. The maximum Gasteiger partial charge on any atom is 0.251 e. The molecule has 0 spiro atoms. The third-order valence-corrected chi connectivity index (χ3v) is 8.21. The van der Waals surface area contributed by atoms with Gasteiger partial charge in [-0.25, -0.2) is 13.8 Å². The first-order valence-electron chi connectivity index (χ1n) is 14.1. The average molecular weight is 554 g/mol. The van der Waals surface area contributed by atoms with Gasteiger partial charge in [0.25, 0.3) is 5.91 Å². The zero-order valence-electron chi connectivity index (χ0n) is 22.8. The van der Waals surface area contributed by atoms with E-state index in [1.807, 2.05) is 34.9 Å². The van der Waals surface area contributed by atoms with Gasteiger partial charge in [0.05, 0.1) is 17.8 Å². The Morgan fingerprint density at radius 3 is 2.55 bits per heavy atom. The summed E-state index contributed by atoms with van der Waals surface area (Å²) < 4.78 is 36.7. The quantitative estimate of drug-likeness (QED) is 0.401. The highest BCUT2D eigenvalue weighted by Gasteiger charge is 2.40. The molecule has 4 atom stereocenters. The molecule has 7 nitrogen and oxygen atoms in total. The molecule has 1 aliphatic carbocycles. The lowest BCUT2D eigenvalue weighted by Crippen LogP contribution is -2.48. The Bertz CT molecular complexity index is 1290. The zero-order valence-corrected chi connectivity index (χ0v) is 22.8. The zero-order chi connectivity index (χ0) is 28.2. The molecule has 2 fully saturated rings. The number of imidazole rings is 1. The highest BCUT2D eigenvalue weighted by molar-refractivity contribution is 5.80. The number of rotatable bonds is 9. The molecule has 2 N–H and O–H groups in total. The van der Waals surface area contributed by atoms with Crippen molar-refractivity contribution in [2.75, 3.05) is 19.8 Å². The molecular weight excluding hydrogens is 516 g/mol. The van der Waals surface area contributed by atoms with Crippen molar-refractivity contribution in [3.63, 3.8) is 0 Å². The average Bonchev–Trinajstić information content (AvgIpc) is 3.56. The number of nitrogens with zero attached hydrogens (tertiary/aromatic N) is 3. The molecule has 5 rings (SSSR count). The van der Waals surface area contributed by atoms with Crippen LogP contribution in [-0.4, -0.2) is 62.5 Å². The number of ether oxygens (including phenoxy) is 1. The summed E-state index contributed by atoms with van der Waals surface area (Å²) in [4.78, 5) is 20.2. The van der Waals surface area contributed by atoms with E-state index in [0.29, 0.717) is 44.8 Å². The number of hydrogen-bond acceptors (Lipinski definition) is 5. The number of aromatic nitrogens is 2. The van der Waals surface area contributed by atoms with Crippen LogP contribution in [0.5, 0.6) is 0 Å². The Balaban J connectivity index is 1.65. The standard InChI is InChI=1S/C31H37F2N3O4/c1-20(37)31(39)36(18-23-8-5-9-28(23)38)29(22-12-14-40-15-13-22)30-34-27(25-16-24(32)10-11-26(25)33)19-35(30)17-21-6-3-2-4-7-21/h2-4,6-7,10-11,16,19-20,22-23,28-29,37-38H,5,8-9,12-15,17-18H2,1H3/t20-,23-,28+,29+/m0/s1. The third-order valence-electron chi connectivity index (χ3n) is 8.21. The monoisotopic (exact) mass is 553 g/mol. The minimum atomic E-state index is -1.25. The molecular formula is C31H37F2N3O4. The molecule has 2 aromatic carbocycles. The van der Waals surface area contributed by atoms with Gasteiger partial charge in [0.1, 0.15) is 23.6 Å². The molecule has 9 heteroatoms. The van der Waals surface area contributed by atoms with E-state index in [2.05, 4.69) is 0 Å². The van der Waals surface area contributed by atoms with Gasteiger partial charge in [0, 0.05) is 44.0 Å². The van der Waals surface area contributed by atoms with E-state index in [1.54, 1.807) is 11.1 Å². The number of carbonyl (C=O) groups is 1. The molecule has 2 aliphatic rings. The van der Waals surface area contributed by atoms with Crippen molar-refractivity contribution in [1.82, 2.24) is 14.5 Å². The summed E-state index contributed by atoms with van der Waals surface area (Å²) in [6.45, 7) is 3.17. The van der Waals surface area contributed by atoms with Gasteiger partial charge in [-0.2, -0.15) is 0 Å². The van der Waals surface area contributed by atoms with E-state index in [-0.39, 0.29) is 29.6 Å². The van der Waals surface area contributed by atoms with Gasteiger partial charge in [-0.05, 0) is 62.3 Å². The Morgan fingerprint density at radius 1 is 1.12 bits per heavy atom. The van der Waals surface area contributed by atoms with Crippen LogP contribution in [0.15, 0.2) is 54.7 Å². The van der Waals surface area contributed by atoms with E-state index in [9.17, 15) is 23.8 Å². The number of hydrogen-bond donors (Lipinski definition) is 2. The molecule has 1 aromatic heterocycles. The minimum Gasteiger partial charge on any atom is -0.393 e. The normalized spacial score (nSPS) is 21.3. The van der Waals surface area contributed by atoms with Crippen molar-refractivity contribution < 1.29 is 28.5 Å². The molecule has 0 bridgehead atoms. The van der Waals surface area contributed by atoms with Crippen LogP contribution in [0.4, 0.5) is 8.78 Å². The van der Waals surface area contributed by atoms with Gasteiger partial charge in [0.2, 0.25) is 0 Å². The minimum absolute atomic E-state index is 0.0402. The number of benzene rings is 2. The summed E-state index contributed by atoms with van der Waals surface area (Å²) in [6.07, 6.45) is 3.60. The topological polar surface area (TPSA) is 87.8 Å². The van der Waals surface area contributed by atoms with Crippen LogP contribution in [0.3, 0.4) is 0 Å². The fraction of sp³-hybridized carbons (Fsp3) is 0.484. The second-order valence-electron chi connectivity index (χ2n) is 11.0. The van der Waals surface area contributed by atoms with Crippen LogP contribution < -0.4 is 0 Å². The van der Waals surface area contributed by atoms with Gasteiger partial charge < -0.3 is 24.4 Å². The van der Waals surface area contributed by atoms with Gasteiger partial charge in [-0.15, -0.1) is 0 Å². The van der Waals surface area contributed by atoms with Gasteiger partial charge >= 0.3 is 0 Å². The van der Waals surface area contributed by atoms with Crippen molar-refractivity contribution in [3.05, 3.63) is 77.8 Å². The van der Waals surface area contributed by atoms with Crippen LogP contribution in [-0.2, 0) is 16.1 Å². The Kier molecular flexibility index (Phi) is 8.93. The lowest BCUT2D eigenvalue weighted by molar-refractivity contribution is -0.146. The Morgan fingerprint density at radius 2 is 1.88 bits per heavy atom. The number of carbonyl (C=O) groups excluding carboxylic acids is 1. The number of aliphatic hydroxyl groups excluding tert-OH is 2. The van der Waals surface area contributed by atoms with E-state index in [0.717, 1.165) is 36.6 Å². The molecule has 0 radical (unpaired) electrons. The highest BCUT2D eigenvalue weighted by atomic mass is 19.1. The molecule has 2 heterocycles. The summed E-state index contributed by atoms with van der Waals surface area (Å²) in [5, 5.41) is 21.1. The Hall–Kier alpha value is -3.14. The van der Waals surface area contributed by atoms with Crippen LogP contribution in [0, 0.1) is 23.5 Å². The number of aliphatic hydroxyl groups is 2. The van der Waals surface area contributed by atoms with Crippen molar-refractivity contribution in [2.45, 2.75) is 63.8 Å². The second-order valence-corrected chi connectivity index (χ2v) is 11.0. The summed E-state index contributed by atoms with van der Waals surface area (Å²) in [5.74, 6) is -1.23. The SMILES string of the molecule is C[C@H](O)C(=O)N(C[C@@H]1CCC[C@H]1O)[C@@H](c1nc(-c2cc(F)ccc2F)cn1Cc1ccccc1)C1CCOCC1. The van der Waals surface area contributed by atoms with Crippen LogP contribution >= 0.6 is 0 Å². The van der Waals surface area contributed by atoms with Gasteiger partial charge in [-0.3, -0.25) is 4.79 Å². The maximum atomic E-state index is 14.9. The molecule has 1 saturated heterocycles. The first kappa shape index (κ1) is 28.4. The van der Waals surface area contributed by atoms with Crippen LogP contribution in [0.25, 0.3) is 11.3 Å². The second kappa shape index (κ2) is 12.6. The molecule has 1 amide bonds. The predicted molar refractivity (Wildman–Crippen MR) is 146 cm³/mol. The number of amides is 1. The summed E-state index contributed by atoms with van der Waals surface area (Å²) in [6, 6.07) is 12.5. The fourth-order valence-corrected chi connectivity index (χ4v) is 6.10. The third kappa shape index (κ3) is 6.27. The molecule has 0 unspecified atom stereocenters. The van der Waals surface area contributed by atoms with Crippen LogP contribution in [0.1, 0.15) is 56.5 Å². The van der Waals surface area contributed by atoms with E-state index < -0.39 is 35.8 Å². The van der Waals surface area contributed by atoms with E-state index in [1.165, 1.54) is 6.92 Å². The Labute approximate surface area is 233 Å². The maximum absolute atomic E-state index is 14.9. The molecule has 1 aliphatic heterocycles. The molecule has 40 heavy (non-hydrogen) atoms. The van der Waals surface area contributed by atoms with E-state index >= 15 is 0 Å². The largest absolute Gasteiger partial charge is 0.393 e. The summed E-state index contributed by atoms with van der Waals surface area (Å²) in [5.41, 5.74) is 1.29. The first-order chi connectivity index (χ1) is 19.3. The first-order valence-corrected chi connectivity index (χ1v) is 14.1. The van der Waals surface area contributed by atoms with E-state index in [4.69, 9.17) is 9.72 Å². The van der Waals surface area contributed by atoms with Crippen molar-refractivity contribution in [1.29, 1.82) is 0 Å². The summed E-state index contributed by atoms with van der Waals surface area (Å²) in [7, 11) is 0. The predicted octanol–water partition coefficient (Wildman–Crippen LogP) is 4.71. The molecule has 1 saturated carbocycles. The molecule has 3 aromatic rings. The highest BCUT2D eigenvalue weighted by Crippen LogP contribution is 2.39. The van der Waals surface area contributed by atoms with Crippen LogP contribution in [0.2, 0.25) is 0 Å². The molecule has 214 valence electrons. The fourth-order valence-electron chi connectivity index (χ4n) is 6.10. The van der Waals surface area contributed by atoms with Crippen molar-refractivity contribution in [2.24, 2.45) is 11.8 Å². The van der Waals surface area contributed by atoms with Crippen molar-refractivity contribution in [3.8, 4) is 11.3 Å². The summed E-state index contributed by atoms with van der Waals surface area (Å²) >= 11 is 0.